The molecule has 0 bridgehead atoms. The molecule has 0 saturated heterocycles. The van der Waals surface area contributed by atoms with E-state index in [1.54, 1.807) is 6.07 Å². The molecule has 0 spiro atoms. The number of benzene rings is 1. The first-order valence-corrected chi connectivity index (χ1v) is 6.05. The highest BCUT2D eigenvalue weighted by Crippen LogP contribution is 2.39. The highest BCUT2D eigenvalue weighted by Gasteiger charge is 2.29. The second kappa shape index (κ2) is 3.87. The number of allylic oxidation sites excluding steroid dienone is 1. The van der Waals surface area contributed by atoms with Gasteiger partial charge in [-0.15, -0.1) is 0 Å². The Hall–Kier alpha value is -1.77. The summed E-state index contributed by atoms with van der Waals surface area (Å²) in [5, 5.41) is 9.19. The lowest BCUT2D eigenvalue weighted by molar-refractivity contribution is 0.0696. The van der Waals surface area contributed by atoms with Gasteiger partial charge in [-0.3, -0.25) is 0 Å². The average Bonchev–Trinajstić information content (AvgIpc) is 2.24. The van der Waals surface area contributed by atoms with Crippen LogP contribution in [0.1, 0.15) is 42.3 Å². The fraction of sp³-hybridized carbons (Fsp3) is 0.400. The molecular weight excluding hydrogens is 226 g/mol. The molecule has 2 rings (SSSR count). The van der Waals surface area contributed by atoms with Gasteiger partial charge in [0.15, 0.2) is 0 Å². The van der Waals surface area contributed by atoms with Crippen molar-refractivity contribution in [2.75, 3.05) is 11.9 Å². The van der Waals surface area contributed by atoms with Crippen LogP contribution in [0.25, 0.3) is 5.57 Å². The van der Waals surface area contributed by atoms with E-state index >= 15 is 0 Å². The molecule has 1 aliphatic heterocycles. The molecule has 18 heavy (non-hydrogen) atoms. The van der Waals surface area contributed by atoms with Crippen LogP contribution in [0.2, 0.25) is 0 Å². The molecule has 0 saturated carbocycles. The van der Waals surface area contributed by atoms with E-state index in [4.69, 9.17) is 0 Å². The van der Waals surface area contributed by atoms with Crippen LogP contribution in [0, 0.1) is 6.92 Å². The third-order valence-electron chi connectivity index (χ3n) is 3.79. The van der Waals surface area contributed by atoms with Crippen LogP contribution < -0.4 is 4.90 Å². The Morgan fingerprint density at radius 2 is 1.89 bits per heavy atom. The summed E-state index contributed by atoms with van der Waals surface area (Å²) >= 11 is 0. The summed E-state index contributed by atoms with van der Waals surface area (Å²) in [6, 6.07) is 3.75. The maximum Gasteiger partial charge on any atom is 0.335 e. The van der Waals surface area contributed by atoms with Crippen molar-refractivity contribution in [2.45, 2.75) is 33.2 Å². The first-order valence-electron chi connectivity index (χ1n) is 6.05. The summed E-state index contributed by atoms with van der Waals surface area (Å²) in [6.45, 7) is 8.19. The standard InChI is InChI=1S/C15H19NO2/c1-9-6-13-11(7-12(9)14(17)18)10(2)8-15(3,4)16(13)5/h6-8H,1-5H3,(H,17,18). The second-order valence-electron chi connectivity index (χ2n) is 5.53. The fourth-order valence-electron chi connectivity index (χ4n) is 2.53. The largest absolute Gasteiger partial charge is 0.478 e. The minimum atomic E-state index is -0.865. The molecule has 0 fully saturated rings. The number of fused-ring (bicyclic) bond motifs is 1. The van der Waals surface area contributed by atoms with Gasteiger partial charge in [0.2, 0.25) is 0 Å². The van der Waals surface area contributed by atoms with E-state index in [-0.39, 0.29) is 5.54 Å². The van der Waals surface area contributed by atoms with Gasteiger partial charge in [-0.25, -0.2) is 4.79 Å². The number of carbonyl (C=O) groups is 1. The van der Waals surface area contributed by atoms with Gasteiger partial charge < -0.3 is 10.0 Å². The van der Waals surface area contributed by atoms with Gasteiger partial charge in [0.05, 0.1) is 11.1 Å². The summed E-state index contributed by atoms with van der Waals surface area (Å²) in [5.41, 5.74) is 4.39. The van der Waals surface area contributed by atoms with Gasteiger partial charge in [-0.05, 0) is 51.0 Å². The average molecular weight is 245 g/mol. The van der Waals surface area contributed by atoms with Crippen LogP contribution in [0.3, 0.4) is 0 Å². The highest BCUT2D eigenvalue weighted by molar-refractivity contribution is 5.93. The Bertz CT molecular complexity index is 556. The summed E-state index contributed by atoms with van der Waals surface area (Å²) in [6.07, 6.45) is 2.18. The number of hydrogen-bond acceptors (Lipinski definition) is 2. The fourth-order valence-corrected chi connectivity index (χ4v) is 2.53. The van der Waals surface area contributed by atoms with Crippen LogP contribution in [0.5, 0.6) is 0 Å². The van der Waals surface area contributed by atoms with Gasteiger partial charge in [-0.1, -0.05) is 6.08 Å². The lowest BCUT2D eigenvalue weighted by atomic mass is 9.87. The molecule has 1 aromatic carbocycles. The molecule has 0 aliphatic carbocycles. The quantitative estimate of drug-likeness (QED) is 0.825. The third kappa shape index (κ3) is 1.80. The van der Waals surface area contributed by atoms with E-state index in [1.165, 1.54) is 0 Å². The monoisotopic (exact) mass is 245 g/mol. The topological polar surface area (TPSA) is 40.5 Å². The van der Waals surface area contributed by atoms with E-state index in [0.29, 0.717) is 5.56 Å². The molecule has 1 heterocycles. The van der Waals surface area contributed by atoms with E-state index in [2.05, 4.69) is 24.8 Å². The number of anilines is 1. The minimum Gasteiger partial charge on any atom is -0.478 e. The van der Waals surface area contributed by atoms with Crippen LogP contribution in [-0.4, -0.2) is 23.7 Å². The zero-order chi connectivity index (χ0) is 13.7. The van der Waals surface area contributed by atoms with Crippen molar-refractivity contribution >= 4 is 17.2 Å². The third-order valence-corrected chi connectivity index (χ3v) is 3.79. The molecule has 3 nitrogen and oxygen atoms in total. The number of rotatable bonds is 1. The van der Waals surface area contributed by atoms with Gasteiger partial charge in [0.1, 0.15) is 0 Å². The van der Waals surface area contributed by atoms with Crippen molar-refractivity contribution in [3.63, 3.8) is 0 Å². The normalized spacial score (nSPS) is 17.2. The summed E-state index contributed by atoms with van der Waals surface area (Å²) < 4.78 is 0. The van der Waals surface area contributed by atoms with E-state index in [0.717, 1.165) is 22.4 Å². The maximum absolute atomic E-state index is 11.2. The number of aryl methyl sites for hydroxylation is 1. The molecule has 96 valence electrons. The summed E-state index contributed by atoms with van der Waals surface area (Å²) in [4.78, 5) is 13.4. The maximum atomic E-state index is 11.2. The zero-order valence-electron chi connectivity index (χ0n) is 11.5. The van der Waals surface area contributed by atoms with Gasteiger partial charge >= 0.3 is 5.97 Å². The molecule has 1 N–H and O–H groups in total. The van der Waals surface area contributed by atoms with Crippen molar-refractivity contribution in [3.8, 4) is 0 Å². The van der Waals surface area contributed by atoms with Crippen molar-refractivity contribution in [3.05, 3.63) is 34.9 Å². The van der Waals surface area contributed by atoms with Crippen LogP contribution in [-0.2, 0) is 0 Å². The molecule has 0 aromatic heterocycles. The van der Waals surface area contributed by atoms with Crippen molar-refractivity contribution in [2.24, 2.45) is 0 Å². The Kier molecular flexibility index (Phi) is 2.73. The molecule has 0 amide bonds. The molecule has 1 aliphatic rings. The van der Waals surface area contributed by atoms with E-state index in [9.17, 15) is 9.90 Å². The highest BCUT2D eigenvalue weighted by atomic mass is 16.4. The second-order valence-corrected chi connectivity index (χ2v) is 5.53. The molecule has 3 heteroatoms. The molecule has 0 radical (unpaired) electrons. The first-order chi connectivity index (χ1) is 8.24. The molecular formula is C15H19NO2. The Labute approximate surface area is 108 Å². The van der Waals surface area contributed by atoms with Gasteiger partial charge in [0.25, 0.3) is 0 Å². The van der Waals surface area contributed by atoms with Crippen molar-refractivity contribution < 1.29 is 9.90 Å². The molecule has 0 unspecified atom stereocenters. The van der Waals surface area contributed by atoms with Crippen LogP contribution in [0.15, 0.2) is 18.2 Å². The van der Waals surface area contributed by atoms with Crippen molar-refractivity contribution in [1.29, 1.82) is 0 Å². The first kappa shape index (κ1) is 12.7. The van der Waals surface area contributed by atoms with Crippen molar-refractivity contribution in [1.82, 2.24) is 0 Å². The Morgan fingerprint density at radius 3 is 2.44 bits per heavy atom. The van der Waals surface area contributed by atoms with Gasteiger partial charge in [-0.2, -0.15) is 0 Å². The predicted octanol–water partition coefficient (Wildman–Crippen LogP) is 3.32. The SMILES string of the molecule is CC1=CC(C)(C)N(C)c2cc(C)c(C(=O)O)cc21. The number of hydrogen-bond donors (Lipinski definition) is 1. The van der Waals surface area contributed by atoms with E-state index < -0.39 is 5.97 Å². The molecule has 1 aromatic rings. The number of carboxylic acids is 1. The lowest BCUT2D eigenvalue weighted by Gasteiger charge is -2.41. The molecule has 0 atom stereocenters. The summed E-state index contributed by atoms with van der Waals surface area (Å²) in [7, 11) is 2.04. The zero-order valence-corrected chi connectivity index (χ0v) is 11.5. The predicted molar refractivity (Wildman–Crippen MR) is 74.3 cm³/mol. The summed E-state index contributed by atoms with van der Waals surface area (Å²) in [5.74, 6) is -0.865. The number of likely N-dealkylation sites (N-methyl/N-ethyl adjacent to an activating group) is 1. The Morgan fingerprint density at radius 1 is 1.28 bits per heavy atom. The number of aromatic carboxylic acids is 1. The lowest BCUT2D eigenvalue weighted by Crippen LogP contribution is -2.42. The number of carboxylic acid groups (broad SMARTS) is 1. The van der Waals surface area contributed by atoms with Gasteiger partial charge in [0, 0.05) is 18.3 Å². The minimum absolute atomic E-state index is 0.0474. The van der Waals surface area contributed by atoms with Crippen LogP contribution >= 0.6 is 0 Å². The number of nitrogens with zero attached hydrogens (tertiary/aromatic N) is 1. The van der Waals surface area contributed by atoms with Crippen LogP contribution in [0.4, 0.5) is 5.69 Å². The smallest absolute Gasteiger partial charge is 0.335 e. The Balaban J connectivity index is 2.70. The van der Waals surface area contributed by atoms with E-state index in [1.807, 2.05) is 27.0 Å².